The molecular weight excluding hydrogens is 284 g/mol. The maximum absolute atomic E-state index is 11.4. The average Bonchev–Trinajstić information content (AvgIpc) is 2.91. The number of H-pyrrole nitrogens is 2. The third kappa shape index (κ3) is 3.88. The third-order valence-corrected chi connectivity index (χ3v) is 2.86. The molecule has 10 heteroatoms. The SMILES string of the molecule is O=C(CNc1n[nH]c(=O)[nH]c1=O)N/N=C\c1cccs1. The van der Waals surface area contributed by atoms with Crippen LogP contribution in [0, 0.1) is 0 Å². The van der Waals surface area contributed by atoms with Crippen LogP contribution in [0.3, 0.4) is 0 Å². The molecule has 4 N–H and O–H groups in total. The van der Waals surface area contributed by atoms with Gasteiger partial charge in [0.2, 0.25) is 5.82 Å². The highest BCUT2D eigenvalue weighted by molar-refractivity contribution is 7.11. The van der Waals surface area contributed by atoms with Crippen LogP contribution in [0.1, 0.15) is 4.88 Å². The maximum Gasteiger partial charge on any atom is 0.342 e. The molecule has 0 atom stereocenters. The van der Waals surface area contributed by atoms with Crippen LogP contribution < -0.4 is 22.0 Å². The third-order valence-electron chi connectivity index (χ3n) is 2.05. The van der Waals surface area contributed by atoms with Gasteiger partial charge in [-0.2, -0.15) is 5.10 Å². The predicted octanol–water partition coefficient (Wildman–Crippen LogP) is -0.918. The summed E-state index contributed by atoms with van der Waals surface area (Å²) in [6.07, 6.45) is 1.51. The van der Waals surface area contributed by atoms with Gasteiger partial charge in [0.1, 0.15) is 0 Å². The van der Waals surface area contributed by atoms with E-state index in [1.54, 1.807) is 0 Å². The standard InChI is InChI=1S/C10H10N6O3S/c17-7(14-12-4-6-2-1-3-20-6)5-11-8-9(18)13-10(19)16-15-8/h1-4H,5H2,(H,11,15)(H,14,17)(H2,13,16,18,19)/b12-4-. The first-order valence-corrected chi connectivity index (χ1v) is 6.31. The zero-order valence-electron chi connectivity index (χ0n) is 10.0. The number of anilines is 1. The lowest BCUT2D eigenvalue weighted by atomic mass is 10.5. The fraction of sp³-hybridized carbons (Fsp3) is 0.100. The van der Waals surface area contributed by atoms with E-state index >= 15 is 0 Å². The smallest absolute Gasteiger partial charge is 0.342 e. The molecule has 0 unspecified atom stereocenters. The van der Waals surface area contributed by atoms with Crippen LogP contribution in [0.5, 0.6) is 0 Å². The number of nitrogens with one attached hydrogen (secondary N) is 4. The summed E-state index contributed by atoms with van der Waals surface area (Å²) in [6.45, 7) is -0.204. The van der Waals surface area contributed by atoms with Crippen LogP contribution in [-0.2, 0) is 4.79 Å². The topological polar surface area (TPSA) is 132 Å². The quantitative estimate of drug-likeness (QED) is 0.418. The van der Waals surface area contributed by atoms with E-state index in [1.807, 2.05) is 27.6 Å². The number of aromatic nitrogens is 3. The summed E-state index contributed by atoms with van der Waals surface area (Å²) in [5.41, 5.74) is 0.863. The van der Waals surface area contributed by atoms with Gasteiger partial charge in [-0.05, 0) is 11.4 Å². The Hall–Kier alpha value is -2.75. The van der Waals surface area contributed by atoms with Crippen molar-refractivity contribution in [3.8, 4) is 0 Å². The van der Waals surface area contributed by atoms with Crippen molar-refractivity contribution in [1.29, 1.82) is 0 Å². The number of carbonyl (C=O) groups excluding carboxylic acids is 1. The maximum atomic E-state index is 11.4. The fourth-order valence-electron chi connectivity index (χ4n) is 1.20. The van der Waals surface area contributed by atoms with Gasteiger partial charge in [0, 0.05) is 4.88 Å². The van der Waals surface area contributed by atoms with Crippen molar-refractivity contribution in [3.05, 3.63) is 43.2 Å². The Balaban J connectivity index is 1.83. The molecule has 2 aromatic rings. The molecule has 20 heavy (non-hydrogen) atoms. The number of aromatic amines is 2. The van der Waals surface area contributed by atoms with E-state index in [0.29, 0.717) is 0 Å². The minimum Gasteiger partial charge on any atom is -0.355 e. The van der Waals surface area contributed by atoms with Gasteiger partial charge in [-0.1, -0.05) is 6.07 Å². The minimum absolute atomic E-state index is 0.151. The second-order valence-electron chi connectivity index (χ2n) is 3.52. The molecule has 0 aliphatic rings. The predicted molar refractivity (Wildman–Crippen MR) is 74.0 cm³/mol. The highest BCUT2D eigenvalue weighted by atomic mass is 32.1. The number of carbonyl (C=O) groups is 1. The molecule has 0 saturated heterocycles. The average molecular weight is 294 g/mol. The summed E-state index contributed by atoms with van der Waals surface area (Å²) >= 11 is 1.48. The van der Waals surface area contributed by atoms with Crippen molar-refractivity contribution in [2.24, 2.45) is 5.10 Å². The second-order valence-corrected chi connectivity index (χ2v) is 4.50. The molecule has 0 spiro atoms. The lowest BCUT2D eigenvalue weighted by Crippen LogP contribution is -2.31. The first-order chi connectivity index (χ1) is 9.65. The van der Waals surface area contributed by atoms with E-state index in [1.165, 1.54) is 17.6 Å². The van der Waals surface area contributed by atoms with E-state index < -0.39 is 17.2 Å². The minimum atomic E-state index is -0.717. The Kier molecular flexibility index (Phi) is 4.39. The van der Waals surface area contributed by atoms with Crippen molar-refractivity contribution < 1.29 is 4.79 Å². The fourth-order valence-corrected chi connectivity index (χ4v) is 1.79. The summed E-state index contributed by atoms with van der Waals surface area (Å²) in [5, 5.41) is 13.6. The number of hydrogen-bond donors (Lipinski definition) is 4. The Labute approximate surface area is 115 Å². The number of amides is 1. The molecule has 2 heterocycles. The van der Waals surface area contributed by atoms with Crippen molar-refractivity contribution in [2.75, 3.05) is 11.9 Å². The van der Waals surface area contributed by atoms with Crippen LogP contribution in [0.4, 0.5) is 5.82 Å². The van der Waals surface area contributed by atoms with Crippen molar-refractivity contribution in [2.45, 2.75) is 0 Å². The van der Waals surface area contributed by atoms with Gasteiger partial charge in [0.15, 0.2) is 0 Å². The Morgan fingerprint density at radius 2 is 2.35 bits per heavy atom. The van der Waals surface area contributed by atoms with Gasteiger partial charge < -0.3 is 5.32 Å². The molecule has 1 amide bonds. The summed E-state index contributed by atoms with van der Waals surface area (Å²) in [6, 6.07) is 3.71. The second kappa shape index (κ2) is 6.43. The van der Waals surface area contributed by atoms with Crippen molar-refractivity contribution in [1.82, 2.24) is 20.6 Å². The first kappa shape index (κ1) is 13.7. The summed E-state index contributed by atoms with van der Waals surface area (Å²) < 4.78 is 0. The molecule has 0 aliphatic heterocycles. The molecule has 9 nitrogen and oxygen atoms in total. The van der Waals surface area contributed by atoms with E-state index in [0.717, 1.165) is 4.88 Å². The zero-order chi connectivity index (χ0) is 14.4. The number of hydrazone groups is 1. The number of rotatable bonds is 5. The zero-order valence-corrected chi connectivity index (χ0v) is 10.9. The number of hydrogen-bond acceptors (Lipinski definition) is 7. The van der Waals surface area contributed by atoms with E-state index in [4.69, 9.17) is 0 Å². The van der Waals surface area contributed by atoms with Gasteiger partial charge >= 0.3 is 5.69 Å². The lowest BCUT2D eigenvalue weighted by Gasteiger charge is -2.01. The van der Waals surface area contributed by atoms with Gasteiger partial charge in [-0.15, -0.1) is 16.4 Å². The van der Waals surface area contributed by atoms with Crippen molar-refractivity contribution >= 4 is 29.3 Å². The Bertz CT molecular complexity index is 717. The Morgan fingerprint density at radius 1 is 1.50 bits per heavy atom. The highest BCUT2D eigenvalue weighted by Gasteiger charge is 2.04. The van der Waals surface area contributed by atoms with Gasteiger partial charge in [0.25, 0.3) is 11.5 Å². The molecule has 2 rings (SSSR count). The molecule has 0 bridgehead atoms. The summed E-state index contributed by atoms with van der Waals surface area (Å²) in [7, 11) is 0. The van der Waals surface area contributed by atoms with E-state index in [2.05, 4.69) is 20.9 Å². The summed E-state index contributed by atoms with van der Waals surface area (Å²) in [4.78, 5) is 36.3. The molecule has 0 radical (unpaired) electrons. The molecule has 0 saturated carbocycles. The molecule has 2 aromatic heterocycles. The molecule has 0 aliphatic carbocycles. The molecule has 104 valence electrons. The van der Waals surface area contributed by atoms with Crippen molar-refractivity contribution in [3.63, 3.8) is 0 Å². The lowest BCUT2D eigenvalue weighted by molar-refractivity contribution is -0.119. The number of thiophene rings is 1. The van der Waals surface area contributed by atoms with Gasteiger partial charge in [-0.25, -0.2) is 15.3 Å². The normalized spacial score (nSPS) is 10.6. The van der Waals surface area contributed by atoms with Crippen LogP contribution in [0.2, 0.25) is 0 Å². The largest absolute Gasteiger partial charge is 0.355 e. The van der Waals surface area contributed by atoms with Crippen LogP contribution in [0.15, 0.2) is 32.2 Å². The summed E-state index contributed by atoms with van der Waals surface area (Å²) in [5.74, 6) is -0.604. The van der Waals surface area contributed by atoms with Crippen LogP contribution >= 0.6 is 11.3 Å². The van der Waals surface area contributed by atoms with Gasteiger partial charge in [0.05, 0.1) is 12.8 Å². The van der Waals surface area contributed by atoms with Gasteiger partial charge in [-0.3, -0.25) is 14.6 Å². The molecular formula is C10H10N6O3S. The molecule has 0 aromatic carbocycles. The van der Waals surface area contributed by atoms with E-state index in [9.17, 15) is 14.4 Å². The van der Waals surface area contributed by atoms with Crippen LogP contribution in [-0.4, -0.2) is 33.8 Å². The Morgan fingerprint density at radius 3 is 3.05 bits per heavy atom. The molecule has 0 fully saturated rings. The van der Waals surface area contributed by atoms with Crippen LogP contribution in [0.25, 0.3) is 0 Å². The number of nitrogens with zero attached hydrogens (tertiary/aromatic N) is 2. The highest BCUT2D eigenvalue weighted by Crippen LogP contribution is 2.03. The monoisotopic (exact) mass is 294 g/mol. The van der Waals surface area contributed by atoms with E-state index in [-0.39, 0.29) is 12.4 Å². The first-order valence-electron chi connectivity index (χ1n) is 5.43.